The zero-order chi connectivity index (χ0) is 11.4. The maximum Gasteiger partial charge on any atom is 0.166 e. The first-order valence-electron chi connectivity index (χ1n) is 4.96. The van der Waals surface area contributed by atoms with Crippen LogP contribution >= 0.6 is 0 Å². The molecule has 0 aliphatic rings. The molecular formula is C12H12FN3. The highest BCUT2D eigenvalue weighted by atomic mass is 19.1. The van der Waals surface area contributed by atoms with Crippen LogP contribution in [-0.2, 0) is 6.54 Å². The lowest BCUT2D eigenvalue weighted by Gasteiger charge is -2.07. The second kappa shape index (κ2) is 4.72. The molecule has 0 spiro atoms. The van der Waals surface area contributed by atoms with Crippen LogP contribution in [0.2, 0.25) is 0 Å². The molecule has 0 saturated carbocycles. The Morgan fingerprint density at radius 2 is 2.12 bits per heavy atom. The second-order valence-corrected chi connectivity index (χ2v) is 3.36. The summed E-state index contributed by atoms with van der Waals surface area (Å²) in [6.07, 6.45) is 1.54. The normalized spacial score (nSPS) is 10.1. The first-order chi connectivity index (χ1) is 7.79. The van der Waals surface area contributed by atoms with Gasteiger partial charge in [0.1, 0.15) is 0 Å². The van der Waals surface area contributed by atoms with Crippen molar-refractivity contribution in [1.29, 1.82) is 0 Å². The molecular weight excluding hydrogens is 205 g/mol. The third-order valence-electron chi connectivity index (χ3n) is 2.18. The van der Waals surface area contributed by atoms with Gasteiger partial charge in [-0.05, 0) is 29.8 Å². The third-order valence-corrected chi connectivity index (χ3v) is 2.18. The summed E-state index contributed by atoms with van der Waals surface area (Å²) in [4.78, 5) is 3.91. The zero-order valence-corrected chi connectivity index (χ0v) is 8.65. The van der Waals surface area contributed by atoms with Gasteiger partial charge in [0.2, 0.25) is 0 Å². The monoisotopic (exact) mass is 217 g/mol. The highest BCUT2D eigenvalue weighted by Crippen LogP contribution is 2.17. The van der Waals surface area contributed by atoms with Crippen molar-refractivity contribution in [2.75, 3.05) is 5.32 Å². The molecule has 4 heteroatoms. The summed E-state index contributed by atoms with van der Waals surface area (Å²) in [6, 6.07) is 10.4. The largest absolute Gasteiger partial charge is 0.338 e. The predicted molar refractivity (Wildman–Crippen MR) is 61.8 cm³/mol. The van der Waals surface area contributed by atoms with Gasteiger partial charge in [-0.1, -0.05) is 12.1 Å². The van der Waals surface area contributed by atoms with Gasteiger partial charge in [0.15, 0.2) is 11.6 Å². The lowest BCUT2D eigenvalue weighted by molar-refractivity contribution is 0.626. The first kappa shape index (κ1) is 10.6. The topological polar surface area (TPSA) is 50.9 Å². The van der Waals surface area contributed by atoms with Gasteiger partial charge in [-0.25, -0.2) is 9.37 Å². The Bertz CT molecular complexity index is 485. The maximum absolute atomic E-state index is 13.3. The van der Waals surface area contributed by atoms with Crippen LogP contribution in [0.4, 0.5) is 15.9 Å². The molecule has 1 aromatic heterocycles. The Balaban J connectivity index is 2.24. The number of nitrogens with zero attached hydrogens (tertiary/aromatic N) is 1. The molecule has 1 heterocycles. The number of hydrogen-bond acceptors (Lipinski definition) is 3. The molecule has 82 valence electrons. The lowest BCUT2D eigenvalue weighted by atomic mass is 10.2. The Hall–Kier alpha value is -1.94. The first-order valence-corrected chi connectivity index (χ1v) is 4.96. The standard InChI is InChI=1S/C12H12FN3/c13-11-5-2-6-15-12(11)16-10-4-1-3-9(7-10)8-14/h1-7H,8,14H2,(H,15,16). The van der Waals surface area contributed by atoms with E-state index in [0.717, 1.165) is 11.3 Å². The average molecular weight is 217 g/mol. The Labute approximate surface area is 93.1 Å². The summed E-state index contributed by atoms with van der Waals surface area (Å²) in [5.41, 5.74) is 7.29. The quantitative estimate of drug-likeness (QED) is 0.830. The minimum Gasteiger partial charge on any atom is -0.338 e. The molecule has 0 fully saturated rings. The number of halogens is 1. The fourth-order valence-electron chi connectivity index (χ4n) is 1.39. The van der Waals surface area contributed by atoms with Gasteiger partial charge in [0.25, 0.3) is 0 Å². The summed E-state index contributed by atoms with van der Waals surface area (Å²) in [5, 5.41) is 2.91. The van der Waals surface area contributed by atoms with Crippen molar-refractivity contribution in [2.24, 2.45) is 5.73 Å². The number of benzene rings is 1. The second-order valence-electron chi connectivity index (χ2n) is 3.36. The van der Waals surface area contributed by atoms with E-state index in [1.165, 1.54) is 12.3 Å². The summed E-state index contributed by atoms with van der Waals surface area (Å²) < 4.78 is 13.3. The minimum absolute atomic E-state index is 0.219. The van der Waals surface area contributed by atoms with Crippen LogP contribution in [0.15, 0.2) is 42.6 Å². The van der Waals surface area contributed by atoms with E-state index in [0.29, 0.717) is 6.54 Å². The lowest BCUT2D eigenvalue weighted by Crippen LogP contribution is -1.99. The SMILES string of the molecule is NCc1cccc(Nc2ncccc2F)c1. The van der Waals surface area contributed by atoms with Crippen molar-refractivity contribution < 1.29 is 4.39 Å². The predicted octanol–water partition coefficient (Wildman–Crippen LogP) is 2.42. The van der Waals surface area contributed by atoms with Gasteiger partial charge in [-0.15, -0.1) is 0 Å². The number of rotatable bonds is 3. The summed E-state index contributed by atoms with van der Waals surface area (Å²) >= 11 is 0. The van der Waals surface area contributed by atoms with Crippen LogP contribution < -0.4 is 11.1 Å². The van der Waals surface area contributed by atoms with E-state index in [1.807, 2.05) is 24.3 Å². The summed E-state index contributed by atoms with van der Waals surface area (Å²) in [5.74, 6) is -0.155. The molecule has 0 radical (unpaired) electrons. The molecule has 3 N–H and O–H groups in total. The van der Waals surface area contributed by atoms with Crippen molar-refractivity contribution in [3.05, 3.63) is 54.0 Å². The van der Waals surface area contributed by atoms with E-state index in [1.54, 1.807) is 6.07 Å². The molecule has 0 aliphatic heterocycles. The van der Waals surface area contributed by atoms with Crippen molar-refractivity contribution in [2.45, 2.75) is 6.54 Å². The number of nitrogens with one attached hydrogen (secondary N) is 1. The van der Waals surface area contributed by atoms with Crippen molar-refractivity contribution >= 4 is 11.5 Å². The number of nitrogens with two attached hydrogens (primary N) is 1. The van der Waals surface area contributed by atoms with Gasteiger partial charge in [0, 0.05) is 18.4 Å². The number of pyridine rings is 1. The van der Waals surface area contributed by atoms with Crippen LogP contribution in [0.25, 0.3) is 0 Å². The van der Waals surface area contributed by atoms with E-state index in [9.17, 15) is 4.39 Å². The molecule has 1 aromatic carbocycles. The molecule has 0 amide bonds. The van der Waals surface area contributed by atoms with E-state index in [-0.39, 0.29) is 11.6 Å². The Morgan fingerprint density at radius 3 is 2.88 bits per heavy atom. The molecule has 0 unspecified atom stereocenters. The van der Waals surface area contributed by atoms with Crippen LogP contribution in [0.1, 0.15) is 5.56 Å². The zero-order valence-electron chi connectivity index (χ0n) is 8.65. The van der Waals surface area contributed by atoms with Gasteiger partial charge in [-0.3, -0.25) is 0 Å². The molecule has 16 heavy (non-hydrogen) atoms. The van der Waals surface area contributed by atoms with E-state index in [2.05, 4.69) is 10.3 Å². The van der Waals surface area contributed by atoms with Crippen LogP contribution in [0.5, 0.6) is 0 Å². The van der Waals surface area contributed by atoms with Gasteiger partial charge in [0.05, 0.1) is 0 Å². The molecule has 2 aromatic rings. The number of anilines is 2. The molecule has 0 aliphatic carbocycles. The van der Waals surface area contributed by atoms with Crippen molar-refractivity contribution in [3.8, 4) is 0 Å². The number of hydrogen-bond donors (Lipinski definition) is 2. The maximum atomic E-state index is 13.3. The van der Waals surface area contributed by atoms with Crippen LogP contribution in [0, 0.1) is 5.82 Å². The van der Waals surface area contributed by atoms with E-state index in [4.69, 9.17) is 5.73 Å². The smallest absolute Gasteiger partial charge is 0.166 e. The fourth-order valence-corrected chi connectivity index (χ4v) is 1.39. The van der Waals surface area contributed by atoms with Gasteiger partial charge < -0.3 is 11.1 Å². The number of aromatic nitrogens is 1. The molecule has 0 bridgehead atoms. The average Bonchev–Trinajstić information content (AvgIpc) is 2.32. The fraction of sp³-hybridized carbons (Fsp3) is 0.0833. The molecule has 3 nitrogen and oxygen atoms in total. The van der Waals surface area contributed by atoms with Gasteiger partial charge >= 0.3 is 0 Å². The Kier molecular flexibility index (Phi) is 3.12. The van der Waals surface area contributed by atoms with E-state index >= 15 is 0 Å². The summed E-state index contributed by atoms with van der Waals surface area (Å²) in [7, 11) is 0. The van der Waals surface area contributed by atoms with Gasteiger partial charge in [-0.2, -0.15) is 0 Å². The minimum atomic E-state index is -0.374. The molecule has 0 atom stereocenters. The van der Waals surface area contributed by atoms with Crippen LogP contribution in [0.3, 0.4) is 0 Å². The highest BCUT2D eigenvalue weighted by molar-refractivity contribution is 5.57. The molecule has 0 saturated heterocycles. The summed E-state index contributed by atoms with van der Waals surface area (Å²) in [6.45, 7) is 0.459. The third kappa shape index (κ3) is 2.35. The van der Waals surface area contributed by atoms with Crippen LogP contribution in [-0.4, -0.2) is 4.98 Å². The molecule has 2 rings (SSSR count). The van der Waals surface area contributed by atoms with E-state index < -0.39 is 0 Å². The Morgan fingerprint density at radius 1 is 1.25 bits per heavy atom. The van der Waals surface area contributed by atoms with Crippen molar-refractivity contribution in [3.63, 3.8) is 0 Å². The highest BCUT2D eigenvalue weighted by Gasteiger charge is 2.02. The van der Waals surface area contributed by atoms with Crippen molar-refractivity contribution in [1.82, 2.24) is 4.98 Å².